The highest BCUT2D eigenvalue weighted by molar-refractivity contribution is 7.98. The Kier molecular flexibility index (Phi) is 12.0. The van der Waals surface area contributed by atoms with Crippen molar-refractivity contribution in [1.29, 1.82) is 0 Å². The number of phenols is 1. The fourth-order valence-electron chi connectivity index (χ4n) is 3.89. The third-order valence-corrected chi connectivity index (χ3v) is 7.48. The third-order valence-electron chi connectivity index (χ3n) is 6.40. The Hall–Kier alpha value is -3.62. The van der Waals surface area contributed by atoms with Crippen LogP contribution in [0.2, 0.25) is 0 Å². The second kappa shape index (κ2) is 14.7. The van der Waals surface area contributed by atoms with Gasteiger partial charge in [0.05, 0.1) is 6.61 Å². The van der Waals surface area contributed by atoms with E-state index < -0.39 is 47.8 Å². The molecule has 13 nitrogen and oxygen atoms in total. The average molecular weight is 580 g/mol. The summed E-state index contributed by atoms with van der Waals surface area (Å²) in [7, 11) is 0. The molecule has 0 spiro atoms. The van der Waals surface area contributed by atoms with Gasteiger partial charge in [0.15, 0.2) is 0 Å². The van der Waals surface area contributed by atoms with E-state index in [0.717, 1.165) is 11.1 Å². The minimum atomic E-state index is -1.25. The summed E-state index contributed by atoms with van der Waals surface area (Å²) in [6, 6.07) is -0.519. The topological polar surface area (TPSA) is 228 Å². The van der Waals surface area contributed by atoms with Gasteiger partial charge >= 0.3 is 11.9 Å². The Morgan fingerprint density at radius 2 is 1.93 bits per heavy atom. The molecule has 0 fully saturated rings. The summed E-state index contributed by atoms with van der Waals surface area (Å²) in [5.41, 5.74) is 7.55. The van der Waals surface area contributed by atoms with Gasteiger partial charge in [-0.3, -0.25) is 19.2 Å². The molecule has 0 aliphatic carbocycles. The van der Waals surface area contributed by atoms with Gasteiger partial charge in [-0.15, -0.1) is 0 Å². The van der Waals surface area contributed by atoms with Crippen LogP contribution in [0, 0.1) is 6.92 Å². The molecular weight excluding hydrogens is 542 g/mol. The smallest absolute Gasteiger partial charge is 0.322 e. The maximum Gasteiger partial charge on any atom is 0.322 e. The van der Waals surface area contributed by atoms with E-state index in [-0.39, 0.29) is 31.0 Å². The van der Waals surface area contributed by atoms with Gasteiger partial charge in [-0.05, 0) is 30.0 Å². The van der Waals surface area contributed by atoms with E-state index >= 15 is 0 Å². The van der Waals surface area contributed by atoms with Crippen molar-refractivity contribution in [2.45, 2.75) is 63.3 Å². The zero-order valence-corrected chi connectivity index (χ0v) is 23.5. The summed E-state index contributed by atoms with van der Waals surface area (Å²) in [6.45, 7) is 4.55. The van der Waals surface area contributed by atoms with Crippen LogP contribution in [0.15, 0.2) is 18.5 Å². The first-order valence-corrected chi connectivity index (χ1v) is 13.7. The summed E-state index contributed by atoms with van der Waals surface area (Å²) in [6.07, 6.45) is 3.34. The number of phenolic OH excluding ortho intramolecular Hbond substituents is 1. The Labute approximate surface area is 236 Å². The number of nitrogens with one attached hydrogen (secondary N) is 3. The molecule has 2 amide bonds. The van der Waals surface area contributed by atoms with Gasteiger partial charge in [-0.2, -0.15) is 11.8 Å². The third kappa shape index (κ3) is 9.24. The van der Waals surface area contributed by atoms with Crippen LogP contribution in [0.5, 0.6) is 5.75 Å². The van der Waals surface area contributed by atoms with Gasteiger partial charge in [0, 0.05) is 47.7 Å². The van der Waals surface area contributed by atoms with Crippen molar-refractivity contribution in [3.8, 4) is 5.75 Å². The minimum Gasteiger partial charge on any atom is -0.507 e. The highest BCUT2D eigenvalue weighted by Gasteiger charge is 2.28. The number of nitrogens with zero attached hydrogens (tertiary/aromatic N) is 1. The van der Waals surface area contributed by atoms with E-state index in [4.69, 9.17) is 15.9 Å². The molecule has 1 heterocycles. The number of aromatic amines is 1. The number of carboxylic acid groups (broad SMARTS) is 2. The van der Waals surface area contributed by atoms with Crippen molar-refractivity contribution in [3.63, 3.8) is 0 Å². The quantitative estimate of drug-likeness (QED) is 0.136. The van der Waals surface area contributed by atoms with E-state index in [2.05, 4.69) is 20.6 Å². The molecular formula is C26H37N5O8S. The molecule has 2 atom stereocenters. The molecule has 0 unspecified atom stereocenters. The fraction of sp³-hybridized carbons (Fsp3) is 0.500. The van der Waals surface area contributed by atoms with Gasteiger partial charge < -0.3 is 41.8 Å². The SMILES string of the molecule is Cc1c(O)c(C(C)(C)CO)cc(CSC[C@H](NC(=O)CC[C@H](N)C(=O)O)C(=O)NCC(=O)O)c1Cc1ncc[nH]1. The van der Waals surface area contributed by atoms with E-state index in [1.165, 1.54) is 11.8 Å². The van der Waals surface area contributed by atoms with Gasteiger partial charge in [0.1, 0.15) is 30.2 Å². The summed E-state index contributed by atoms with van der Waals surface area (Å²) in [5, 5.41) is 43.5. The number of amides is 2. The first-order chi connectivity index (χ1) is 18.8. The highest BCUT2D eigenvalue weighted by atomic mass is 32.2. The lowest BCUT2D eigenvalue weighted by Gasteiger charge is -2.27. The first kappa shape index (κ1) is 32.6. The van der Waals surface area contributed by atoms with Crippen LogP contribution in [-0.4, -0.2) is 85.1 Å². The summed E-state index contributed by atoms with van der Waals surface area (Å²) in [4.78, 5) is 54.3. The van der Waals surface area contributed by atoms with Crippen LogP contribution < -0.4 is 16.4 Å². The van der Waals surface area contributed by atoms with Crippen LogP contribution in [-0.2, 0) is 36.8 Å². The Balaban J connectivity index is 2.27. The Bertz CT molecular complexity index is 1200. The molecule has 0 bridgehead atoms. The predicted molar refractivity (Wildman–Crippen MR) is 148 cm³/mol. The van der Waals surface area contributed by atoms with E-state index in [9.17, 15) is 29.4 Å². The molecule has 2 aromatic rings. The number of carbonyl (C=O) groups is 4. The van der Waals surface area contributed by atoms with Crippen LogP contribution >= 0.6 is 11.8 Å². The lowest BCUT2D eigenvalue weighted by atomic mass is 9.81. The summed E-state index contributed by atoms with van der Waals surface area (Å²) >= 11 is 1.30. The number of nitrogens with two attached hydrogens (primary N) is 1. The molecule has 1 aromatic carbocycles. The molecule has 0 radical (unpaired) electrons. The highest BCUT2D eigenvalue weighted by Crippen LogP contribution is 2.38. The molecule has 220 valence electrons. The van der Waals surface area contributed by atoms with E-state index in [1.54, 1.807) is 33.2 Å². The molecule has 14 heteroatoms. The van der Waals surface area contributed by atoms with Gasteiger partial charge in [0.2, 0.25) is 11.8 Å². The van der Waals surface area contributed by atoms with Crippen molar-refractivity contribution < 1.29 is 39.6 Å². The molecule has 2 rings (SSSR count). The zero-order chi connectivity index (χ0) is 30.0. The summed E-state index contributed by atoms with van der Waals surface area (Å²) < 4.78 is 0. The number of hydrogen-bond donors (Lipinski definition) is 8. The molecule has 40 heavy (non-hydrogen) atoms. The maximum atomic E-state index is 12.7. The lowest BCUT2D eigenvalue weighted by Crippen LogP contribution is -2.49. The largest absolute Gasteiger partial charge is 0.507 e. The molecule has 9 N–H and O–H groups in total. The normalized spacial score (nSPS) is 12.9. The second-order valence-corrected chi connectivity index (χ2v) is 11.1. The second-order valence-electron chi connectivity index (χ2n) is 10.0. The number of imidazole rings is 1. The number of carboxylic acids is 2. The number of aromatic nitrogens is 2. The number of aromatic hydroxyl groups is 1. The zero-order valence-electron chi connectivity index (χ0n) is 22.7. The average Bonchev–Trinajstić information content (AvgIpc) is 3.42. The number of hydrogen-bond acceptors (Lipinski definition) is 9. The van der Waals surface area contributed by atoms with E-state index in [0.29, 0.717) is 29.1 Å². The molecule has 1 aromatic heterocycles. The predicted octanol–water partition coefficient (Wildman–Crippen LogP) is 0.395. The lowest BCUT2D eigenvalue weighted by molar-refractivity contribution is -0.139. The van der Waals surface area contributed by atoms with Crippen molar-refractivity contribution in [2.75, 3.05) is 18.9 Å². The van der Waals surface area contributed by atoms with Crippen molar-refractivity contribution in [1.82, 2.24) is 20.6 Å². The number of aliphatic hydroxyl groups is 1. The molecule has 0 aliphatic heterocycles. The number of rotatable bonds is 16. The van der Waals surface area contributed by atoms with Crippen LogP contribution in [0.3, 0.4) is 0 Å². The molecule has 0 saturated heterocycles. The number of aliphatic hydroxyl groups excluding tert-OH is 1. The minimum absolute atomic E-state index is 0.0705. The van der Waals surface area contributed by atoms with Crippen molar-refractivity contribution in [3.05, 3.63) is 46.5 Å². The monoisotopic (exact) mass is 579 g/mol. The summed E-state index contributed by atoms with van der Waals surface area (Å²) in [5.74, 6) is -2.62. The van der Waals surface area contributed by atoms with Crippen LogP contribution in [0.4, 0.5) is 0 Å². The number of thioether (sulfide) groups is 1. The Morgan fingerprint density at radius 1 is 1.23 bits per heavy atom. The van der Waals surface area contributed by atoms with Gasteiger partial charge in [0.25, 0.3) is 0 Å². The van der Waals surface area contributed by atoms with Gasteiger partial charge in [-0.25, -0.2) is 4.98 Å². The standard InChI is InChI=1S/C26H37N5O8S/c1-14-16(9-20-28-6-7-29-20)15(8-17(23(14)36)26(2,3)13-32)11-40-12-19(24(37)30-10-22(34)35)31-21(33)5-4-18(27)25(38)39/h6-8,18-19,32,36H,4-5,9-13,27H2,1-3H3,(H,28,29)(H,30,37)(H,31,33)(H,34,35)(H,38,39)/t18-,19-/m0/s1. The number of benzene rings is 1. The Morgan fingerprint density at radius 3 is 2.50 bits per heavy atom. The number of H-pyrrole nitrogens is 1. The molecule has 0 saturated carbocycles. The number of aliphatic carboxylic acids is 2. The first-order valence-electron chi connectivity index (χ1n) is 12.6. The fourth-order valence-corrected chi connectivity index (χ4v) is 4.95. The van der Waals surface area contributed by atoms with Crippen molar-refractivity contribution >= 4 is 35.5 Å². The number of carbonyl (C=O) groups excluding carboxylic acids is 2. The maximum absolute atomic E-state index is 12.7. The molecule has 0 aliphatic rings. The van der Waals surface area contributed by atoms with E-state index in [1.807, 2.05) is 6.07 Å². The van der Waals surface area contributed by atoms with Crippen LogP contribution in [0.1, 0.15) is 54.8 Å². The van der Waals surface area contributed by atoms with Gasteiger partial charge in [-0.1, -0.05) is 19.9 Å². The van der Waals surface area contributed by atoms with Crippen LogP contribution in [0.25, 0.3) is 0 Å². The van der Waals surface area contributed by atoms with Crippen molar-refractivity contribution in [2.24, 2.45) is 5.73 Å².